The lowest BCUT2D eigenvalue weighted by molar-refractivity contribution is -0.272. The Hall–Kier alpha value is -2.88. The lowest BCUT2D eigenvalue weighted by Gasteiger charge is -2.30. The van der Waals surface area contributed by atoms with Crippen LogP contribution < -0.4 is 10.6 Å². The molecule has 31 heavy (non-hydrogen) atoms. The number of imidazole rings is 1. The number of halogens is 3. The van der Waals surface area contributed by atoms with Crippen molar-refractivity contribution in [3.8, 4) is 0 Å². The Morgan fingerprint density at radius 2 is 1.87 bits per heavy atom. The first kappa shape index (κ1) is 24.4. The second-order valence-corrected chi connectivity index (χ2v) is 7.46. The van der Waals surface area contributed by atoms with Crippen LogP contribution in [0.4, 0.5) is 13.2 Å². The van der Waals surface area contributed by atoms with Crippen LogP contribution in [0.15, 0.2) is 42.7 Å². The smallest absolute Gasteiger partial charge is 0.374 e. The van der Waals surface area contributed by atoms with Crippen molar-refractivity contribution >= 4 is 11.8 Å². The SMILES string of the molecule is CCC(C)C(NC(=O)c1ccccc1)C(=O)NCCC(O)(c1nccn1C)C(F)(F)F. The predicted molar refractivity (Wildman–Crippen MR) is 108 cm³/mol. The van der Waals surface area contributed by atoms with E-state index in [2.05, 4.69) is 15.6 Å². The zero-order valence-electron chi connectivity index (χ0n) is 17.6. The van der Waals surface area contributed by atoms with Gasteiger partial charge in [-0.1, -0.05) is 38.5 Å². The Kier molecular flexibility index (Phi) is 7.83. The highest BCUT2D eigenvalue weighted by Crippen LogP contribution is 2.40. The third kappa shape index (κ3) is 5.63. The number of aliphatic hydroxyl groups is 1. The van der Waals surface area contributed by atoms with E-state index in [-0.39, 0.29) is 5.92 Å². The van der Waals surface area contributed by atoms with Gasteiger partial charge in [-0.2, -0.15) is 13.2 Å². The summed E-state index contributed by atoms with van der Waals surface area (Å²) in [5.74, 6) is -1.90. The molecule has 7 nitrogen and oxygen atoms in total. The summed E-state index contributed by atoms with van der Waals surface area (Å²) in [6, 6.07) is 7.36. The van der Waals surface area contributed by atoms with Crippen LogP contribution in [0.5, 0.6) is 0 Å². The summed E-state index contributed by atoms with van der Waals surface area (Å²) in [6.45, 7) is 3.13. The van der Waals surface area contributed by atoms with Gasteiger partial charge in [0.25, 0.3) is 5.91 Å². The summed E-state index contributed by atoms with van der Waals surface area (Å²) >= 11 is 0. The molecular formula is C21H27F3N4O3. The molecule has 0 bridgehead atoms. The quantitative estimate of drug-likeness (QED) is 0.558. The molecule has 0 aliphatic carbocycles. The molecule has 0 radical (unpaired) electrons. The fourth-order valence-electron chi connectivity index (χ4n) is 3.14. The van der Waals surface area contributed by atoms with Gasteiger partial charge >= 0.3 is 6.18 Å². The van der Waals surface area contributed by atoms with Gasteiger partial charge in [-0.15, -0.1) is 0 Å². The number of carbonyl (C=O) groups excluding carboxylic acids is 2. The maximum atomic E-state index is 13.6. The highest BCUT2D eigenvalue weighted by atomic mass is 19.4. The zero-order valence-corrected chi connectivity index (χ0v) is 17.6. The first-order valence-electron chi connectivity index (χ1n) is 9.91. The van der Waals surface area contributed by atoms with Crippen molar-refractivity contribution in [3.05, 3.63) is 54.1 Å². The van der Waals surface area contributed by atoms with Crippen molar-refractivity contribution in [1.29, 1.82) is 0 Å². The minimum Gasteiger partial charge on any atom is -0.374 e. The molecule has 0 fully saturated rings. The number of nitrogens with one attached hydrogen (secondary N) is 2. The number of aromatic nitrogens is 2. The van der Waals surface area contributed by atoms with Crippen LogP contribution in [-0.2, 0) is 17.4 Å². The maximum absolute atomic E-state index is 13.6. The van der Waals surface area contributed by atoms with Gasteiger partial charge in [0.2, 0.25) is 11.5 Å². The Labute approximate surface area is 178 Å². The predicted octanol–water partition coefficient (Wildman–Crippen LogP) is 2.52. The zero-order chi connectivity index (χ0) is 23.2. The van der Waals surface area contributed by atoms with Crippen LogP contribution in [0.2, 0.25) is 0 Å². The van der Waals surface area contributed by atoms with Crippen molar-refractivity contribution in [1.82, 2.24) is 20.2 Å². The Balaban J connectivity index is 2.09. The molecule has 1 aromatic carbocycles. The molecule has 0 saturated heterocycles. The Morgan fingerprint density at radius 3 is 2.39 bits per heavy atom. The van der Waals surface area contributed by atoms with Gasteiger partial charge in [0.05, 0.1) is 0 Å². The van der Waals surface area contributed by atoms with Crippen LogP contribution in [0.1, 0.15) is 42.9 Å². The molecule has 0 aliphatic rings. The lowest BCUT2D eigenvalue weighted by Crippen LogP contribution is -2.52. The number of benzene rings is 1. The third-order valence-electron chi connectivity index (χ3n) is 5.26. The molecule has 2 amide bonds. The topological polar surface area (TPSA) is 96.2 Å². The lowest BCUT2D eigenvalue weighted by atomic mass is 9.96. The second-order valence-electron chi connectivity index (χ2n) is 7.46. The van der Waals surface area contributed by atoms with Gasteiger partial charge in [0.15, 0.2) is 0 Å². The van der Waals surface area contributed by atoms with Crippen LogP contribution in [0, 0.1) is 5.92 Å². The average Bonchev–Trinajstić information content (AvgIpc) is 3.17. The highest BCUT2D eigenvalue weighted by molar-refractivity contribution is 5.97. The molecule has 1 heterocycles. The fourth-order valence-corrected chi connectivity index (χ4v) is 3.14. The number of aryl methyl sites for hydroxylation is 1. The number of nitrogens with zero attached hydrogens (tertiary/aromatic N) is 2. The number of carbonyl (C=O) groups is 2. The molecule has 0 saturated carbocycles. The maximum Gasteiger partial charge on any atom is 0.424 e. The van der Waals surface area contributed by atoms with Crippen LogP contribution in [0.3, 0.4) is 0 Å². The summed E-state index contributed by atoms with van der Waals surface area (Å²) in [6.07, 6.45) is -2.81. The van der Waals surface area contributed by atoms with Crippen molar-refractivity contribution < 1.29 is 27.9 Å². The standard InChI is InChI=1S/C21H27F3N4O3/c1-4-14(2)16(27-17(29)15-8-6-5-7-9-15)18(30)25-11-10-20(31,21(22,23)24)19-26-12-13-28(19)3/h5-9,12-14,16,31H,4,10-11H2,1-3H3,(H,25,30)(H,27,29). The van der Waals surface area contributed by atoms with Gasteiger partial charge in [-0.25, -0.2) is 4.98 Å². The first-order valence-corrected chi connectivity index (χ1v) is 9.91. The number of amides is 2. The Morgan fingerprint density at radius 1 is 1.23 bits per heavy atom. The normalized spacial score (nSPS) is 15.6. The van der Waals surface area contributed by atoms with Crippen LogP contribution in [-0.4, -0.2) is 45.2 Å². The monoisotopic (exact) mass is 440 g/mol. The summed E-state index contributed by atoms with van der Waals surface area (Å²) in [4.78, 5) is 28.8. The van der Waals surface area contributed by atoms with Gasteiger partial charge in [0, 0.05) is 38.0 Å². The molecule has 0 aliphatic heterocycles. The van der Waals surface area contributed by atoms with E-state index in [1.54, 1.807) is 37.3 Å². The van der Waals surface area contributed by atoms with Gasteiger partial charge in [-0.05, 0) is 18.1 Å². The van der Waals surface area contributed by atoms with Gasteiger partial charge in [-0.3, -0.25) is 9.59 Å². The highest BCUT2D eigenvalue weighted by Gasteiger charge is 2.57. The van der Waals surface area contributed by atoms with Crippen LogP contribution >= 0.6 is 0 Å². The average molecular weight is 440 g/mol. The summed E-state index contributed by atoms with van der Waals surface area (Å²) < 4.78 is 41.9. The number of rotatable bonds is 9. The minimum absolute atomic E-state index is 0.260. The fraction of sp³-hybridized carbons (Fsp3) is 0.476. The molecule has 3 atom stereocenters. The molecule has 2 rings (SSSR count). The van der Waals surface area contributed by atoms with E-state index < -0.39 is 48.4 Å². The molecule has 0 spiro atoms. The summed E-state index contributed by atoms with van der Waals surface area (Å²) in [7, 11) is 1.34. The van der Waals surface area contributed by atoms with Gasteiger partial charge < -0.3 is 20.3 Å². The van der Waals surface area contributed by atoms with E-state index in [1.165, 1.54) is 13.2 Å². The van der Waals surface area contributed by atoms with E-state index in [9.17, 15) is 27.9 Å². The van der Waals surface area contributed by atoms with E-state index in [0.29, 0.717) is 12.0 Å². The summed E-state index contributed by atoms with van der Waals surface area (Å²) in [5.41, 5.74) is -2.86. The van der Waals surface area contributed by atoms with E-state index in [4.69, 9.17) is 0 Å². The second kappa shape index (κ2) is 9.95. The first-order chi connectivity index (χ1) is 14.5. The molecule has 3 unspecified atom stereocenters. The minimum atomic E-state index is -4.99. The van der Waals surface area contributed by atoms with Gasteiger partial charge in [0.1, 0.15) is 11.9 Å². The molecule has 1 aromatic heterocycles. The third-order valence-corrected chi connectivity index (χ3v) is 5.26. The van der Waals surface area contributed by atoms with E-state index in [1.807, 2.05) is 6.92 Å². The largest absolute Gasteiger partial charge is 0.424 e. The molecule has 170 valence electrons. The van der Waals surface area contributed by atoms with E-state index >= 15 is 0 Å². The van der Waals surface area contributed by atoms with Crippen LogP contribution in [0.25, 0.3) is 0 Å². The molecule has 10 heteroatoms. The molecule has 2 aromatic rings. The van der Waals surface area contributed by atoms with Crippen molar-refractivity contribution in [2.75, 3.05) is 6.54 Å². The summed E-state index contributed by atoms with van der Waals surface area (Å²) in [5, 5.41) is 15.4. The molecular weight excluding hydrogens is 413 g/mol. The molecule has 3 N–H and O–H groups in total. The van der Waals surface area contributed by atoms with Crippen molar-refractivity contribution in [2.45, 2.75) is 44.5 Å². The van der Waals surface area contributed by atoms with Crippen molar-refractivity contribution in [2.24, 2.45) is 13.0 Å². The Bertz CT molecular complexity index is 885. The number of alkyl halides is 3. The number of hydrogen-bond acceptors (Lipinski definition) is 4. The van der Waals surface area contributed by atoms with Crippen molar-refractivity contribution in [3.63, 3.8) is 0 Å². The van der Waals surface area contributed by atoms with E-state index in [0.717, 1.165) is 10.8 Å². The number of hydrogen-bond donors (Lipinski definition) is 3.